The standard InChI is InChI=1S/C15H22O4/c1-8-4-11(16)6-9(2)13(17)7-12-10(3)15(18)19-14(12)5-8/h5-6,10-14,16-17H,4,7H2,1-3H3. The molecule has 4 heteroatoms. The molecule has 1 aliphatic heterocycles. The number of hydrogen-bond donors (Lipinski definition) is 2. The van der Waals surface area contributed by atoms with Crippen LogP contribution in [0.4, 0.5) is 0 Å². The van der Waals surface area contributed by atoms with E-state index in [9.17, 15) is 15.0 Å². The van der Waals surface area contributed by atoms with Gasteiger partial charge in [0.25, 0.3) is 0 Å². The number of aliphatic hydroxyl groups excluding tert-OH is 2. The average molecular weight is 266 g/mol. The molecule has 0 aromatic rings. The fourth-order valence-corrected chi connectivity index (χ4v) is 2.88. The lowest BCUT2D eigenvalue weighted by Gasteiger charge is -2.23. The van der Waals surface area contributed by atoms with Crippen molar-refractivity contribution in [2.24, 2.45) is 11.8 Å². The normalized spacial score (nSPS) is 40.1. The van der Waals surface area contributed by atoms with Crippen LogP contribution >= 0.6 is 0 Å². The molecule has 19 heavy (non-hydrogen) atoms. The van der Waals surface area contributed by atoms with E-state index in [-0.39, 0.29) is 23.9 Å². The second kappa shape index (κ2) is 5.47. The molecule has 0 aromatic carbocycles. The first-order valence-electron chi connectivity index (χ1n) is 6.80. The summed E-state index contributed by atoms with van der Waals surface area (Å²) in [5.41, 5.74) is 1.76. The predicted octanol–water partition coefficient (Wildman–Crippen LogP) is 1.57. The van der Waals surface area contributed by atoms with E-state index in [2.05, 4.69) is 0 Å². The van der Waals surface area contributed by atoms with E-state index in [1.807, 2.05) is 26.8 Å². The molecule has 0 amide bonds. The number of carbonyl (C=O) groups is 1. The molecule has 106 valence electrons. The fraction of sp³-hybridized carbons (Fsp3) is 0.667. The molecule has 1 aliphatic carbocycles. The minimum absolute atomic E-state index is 0.00366. The highest BCUT2D eigenvalue weighted by Crippen LogP contribution is 2.35. The van der Waals surface area contributed by atoms with Gasteiger partial charge in [0.2, 0.25) is 0 Å². The lowest BCUT2D eigenvalue weighted by Crippen LogP contribution is -2.26. The number of fused-ring (bicyclic) bond motifs is 1. The molecule has 4 nitrogen and oxygen atoms in total. The van der Waals surface area contributed by atoms with E-state index < -0.39 is 12.2 Å². The molecule has 1 heterocycles. The van der Waals surface area contributed by atoms with E-state index in [0.29, 0.717) is 12.8 Å². The van der Waals surface area contributed by atoms with Gasteiger partial charge in [-0.05, 0) is 38.3 Å². The molecular weight excluding hydrogens is 244 g/mol. The molecule has 2 N–H and O–H groups in total. The van der Waals surface area contributed by atoms with Gasteiger partial charge in [-0.1, -0.05) is 18.6 Å². The Morgan fingerprint density at radius 3 is 2.63 bits per heavy atom. The number of ether oxygens (including phenoxy) is 1. The van der Waals surface area contributed by atoms with Gasteiger partial charge in [0.05, 0.1) is 18.1 Å². The Labute approximate surface area is 113 Å². The second-order valence-corrected chi connectivity index (χ2v) is 5.80. The zero-order valence-electron chi connectivity index (χ0n) is 11.7. The Kier molecular flexibility index (Phi) is 4.11. The molecule has 2 aliphatic rings. The van der Waals surface area contributed by atoms with Crippen LogP contribution in [0, 0.1) is 11.8 Å². The largest absolute Gasteiger partial charge is 0.458 e. The summed E-state index contributed by atoms with van der Waals surface area (Å²) in [6.45, 7) is 5.59. The van der Waals surface area contributed by atoms with Gasteiger partial charge in [0.15, 0.2) is 0 Å². The Balaban J connectivity index is 2.31. The lowest BCUT2D eigenvalue weighted by molar-refractivity contribution is -0.142. The summed E-state index contributed by atoms with van der Waals surface area (Å²) in [5, 5.41) is 20.1. The van der Waals surface area contributed by atoms with Crippen molar-refractivity contribution in [1.29, 1.82) is 0 Å². The number of carbonyl (C=O) groups excluding carboxylic acids is 1. The minimum Gasteiger partial charge on any atom is -0.458 e. The van der Waals surface area contributed by atoms with Crippen LogP contribution in [0.3, 0.4) is 0 Å². The van der Waals surface area contributed by atoms with Crippen LogP contribution in [-0.2, 0) is 9.53 Å². The molecule has 2 rings (SSSR count). The summed E-state index contributed by atoms with van der Waals surface area (Å²) in [5.74, 6) is -0.399. The van der Waals surface area contributed by atoms with Crippen molar-refractivity contribution in [1.82, 2.24) is 0 Å². The van der Waals surface area contributed by atoms with E-state index in [0.717, 1.165) is 11.1 Å². The van der Waals surface area contributed by atoms with Crippen LogP contribution in [0.1, 0.15) is 33.6 Å². The zero-order chi connectivity index (χ0) is 14.2. The summed E-state index contributed by atoms with van der Waals surface area (Å²) >= 11 is 0. The van der Waals surface area contributed by atoms with Crippen molar-refractivity contribution < 1.29 is 19.7 Å². The monoisotopic (exact) mass is 266 g/mol. The van der Waals surface area contributed by atoms with Gasteiger partial charge >= 0.3 is 5.97 Å². The van der Waals surface area contributed by atoms with Crippen LogP contribution in [0.25, 0.3) is 0 Å². The Morgan fingerprint density at radius 1 is 1.26 bits per heavy atom. The summed E-state index contributed by atoms with van der Waals surface area (Å²) in [4.78, 5) is 11.7. The van der Waals surface area contributed by atoms with Crippen LogP contribution in [0.2, 0.25) is 0 Å². The zero-order valence-corrected chi connectivity index (χ0v) is 11.7. The van der Waals surface area contributed by atoms with E-state index >= 15 is 0 Å². The van der Waals surface area contributed by atoms with Crippen molar-refractivity contribution in [3.63, 3.8) is 0 Å². The molecule has 0 saturated carbocycles. The average Bonchev–Trinajstić information content (AvgIpc) is 2.55. The number of rotatable bonds is 0. The molecular formula is C15H22O4. The fourth-order valence-electron chi connectivity index (χ4n) is 2.88. The first-order valence-corrected chi connectivity index (χ1v) is 6.80. The number of esters is 1. The van der Waals surface area contributed by atoms with Crippen LogP contribution < -0.4 is 0 Å². The molecule has 0 radical (unpaired) electrons. The van der Waals surface area contributed by atoms with Gasteiger partial charge in [-0.25, -0.2) is 0 Å². The van der Waals surface area contributed by atoms with Gasteiger partial charge < -0.3 is 14.9 Å². The highest BCUT2D eigenvalue weighted by Gasteiger charge is 2.41. The third-order valence-corrected chi connectivity index (χ3v) is 4.14. The Bertz CT molecular complexity index is 424. The van der Waals surface area contributed by atoms with Gasteiger partial charge in [0, 0.05) is 5.92 Å². The highest BCUT2D eigenvalue weighted by atomic mass is 16.6. The van der Waals surface area contributed by atoms with Gasteiger partial charge in [-0.3, -0.25) is 4.79 Å². The second-order valence-electron chi connectivity index (χ2n) is 5.80. The first-order chi connectivity index (χ1) is 8.88. The van der Waals surface area contributed by atoms with Gasteiger partial charge in [-0.2, -0.15) is 0 Å². The summed E-state index contributed by atoms with van der Waals surface area (Å²) in [6.07, 6.45) is 3.08. The quantitative estimate of drug-likeness (QED) is 0.516. The maximum atomic E-state index is 11.7. The molecule has 5 unspecified atom stereocenters. The topological polar surface area (TPSA) is 66.8 Å². The Morgan fingerprint density at radius 2 is 1.95 bits per heavy atom. The lowest BCUT2D eigenvalue weighted by atomic mass is 9.83. The summed E-state index contributed by atoms with van der Waals surface area (Å²) < 4.78 is 5.37. The van der Waals surface area contributed by atoms with Crippen molar-refractivity contribution in [3.8, 4) is 0 Å². The summed E-state index contributed by atoms with van der Waals surface area (Å²) in [7, 11) is 0. The van der Waals surface area contributed by atoms with E-state index in [1.54, 1.807) is 6.08 Å². The van der Waals surface area contributed by atoms with E-state index in [1.165, 1.54) is 0 Å². The SMILES string of the molecule is CC1=CC2OC(=O)C(C)C2CC(O)C(C)=CC(O)C1. The smallest absolute Gasteiger partial charge is 0.309 e. The van der Waals surface area contributed by atoms with Crippen molar-refractivity contribution in [2.75, 3.05) is 0 Å². The van der Waals surface area contributed by atoms with Crippen LogP contribution in [0.5, 0.6) is 0 Å². The van der Waals surface area contributed by atoms with Gasteiger partial charge in [-0.15, -0.1) is 0 Å². The minimum atomic E-state index is -0.633. The third-order valence-electron chi connectivity index (χ3n) is 4.14. The Hall–Kier alpha value is -1.13. The van der Waals surface area contributed by atoms with Crippen LogP contribution in [-0.4, -0.2) is 34.5 Å². The van der Waals surface area contributed by atoms with Crippen molar-refractivity contribution in [2.45, 2.75) is 51.9 Å². The first kappa shape index (κ1) is 14.3. The van der Waals surface area contributed by atoms with E-state index in [4.69, 9.17) is 4.74 Å². The van der Waals surface area contributed by atoms with Crippen LogP contribution in [0.15, 0.2) is 23.3 Å². The maximum absolute atomic E-state index is 11.7. The van der Waals surface area contributed by atoms with Crippen molar-refractivity contribution >= 4 is 5.97 Å². The predicted molar refractivity (Wildman–Crippen MR) is 71.3 cm³/mol. The number of aliphatic hydroxyl groups is 2. The van der Waals surface area contributed by atoms with Crippen molar-refractivity contribution in [3.05, 3.63) is 23.3 Å². The molecule has 1 saturated heterocycles. The number of hydrogen-bond acceptors (Lipinski definition) is 4. The maximum Gasteiger partial charge on any atom is 0.309 e. The highest BCUT2D eigenvalue weighted by molar-refractivity contribution is 5.75. The molecule has 5 atom stereocenters. The summed E-state index contributed by atoms with van der Waals surface area (Å²) in [6, 6.07) is 0. The molecule has 1 fully saturated rings. The third kappa shape index (κ3) is 3.07. The molecule has 0 aromatic heterocycles. The molecule has 0 spiro atoms. The molecule has 0 bridgehead atoms. The van der Waals surface area contributed by atoms with Gasteiger partial charge in [0.1, 0.15) is 6.10 Å².